The topological polar surface area (TPSA) is 67.0 Å². The average molecular weight is 209 g/mol. The third kappa shape index (κ3) is 2.36. The molecule has 0 radical (unpaired) electrons. The average Bonchev–Trinajstić information content (AvgIpc) is 2.71. The zero-order chi connectivity index (χ0) is 10.7. The zero-order valence-electron chi connectivity index (χ0n) is 8.69. The summed E-state index contributed by atoms with van der Waals surface area (Å²) in [4.78, 5) is 11.8. The lowest BCUT2D eigenvalue weighted by atomic mass is 9.94. The molecular weight excluding hydrogens is 194 g/mol. The van der Waals surface area contributed by atoms with Crippen LogP contribution in [0.3, 0.4) is 0 Å². The van der Waals surface area contributed by atoms with E-state index in [1.54, 1.807) is 12.4 Å². The number of nitrogens with one attached hydrogen (secondary N) is 2. The fourth-order valence-corrected chi connectivity index (χ4v) is 1.82. The molecule has 2 rings (SSSR count). The minimum Gasteiger partial charge on any atom is -0.378 e. The Morgan fingerprint density at radius 1 is 1.73 bits per heavy atom. The quantitative estimate of drug-likeness (QED) is 0.768. The van der Waals surface area contributed by atoms with E-state index in [1.165, 1.54) is 0 Å². The molecule has 2 atom stereocenters. The van der Waals surface area contributed by atoms with Gasteiger partial charge in [-0.25, -0.2) is 0 Å². The van der Waals surface area contributed by atoms with Crippen LogP contribution >= 0.6 is 0 Å². The Morgan fingerprint density at radius 2 is 2.60 bits per heavy atom. The highest BCUT2D eigenvalue weighted by Gasteiger charge is 2.28. The van der Waals surface area contributed by atoms with E-state index < -0.39 is 0 Å². The van der Waals surface area contributed by atoms with E-state index in [9.17, 15) is 4.79 Å². The second-order valence-corrected chi connectivity index (χ2v) is 3.80. The number of hydrogen-bond donors (Lipinski definition) is 2. The van der Waals surface area contributed by atoms with Crippen molar-refractivity contribution in [2.45, 2.75) is 25.9 Å². The maximum absolute atomic E-state index is 11.8. The number of amides is 1. The van der Waals surface area contributed by atoms with Gasteiger partial charge in [0.05, 0.1) is 23.9 Å². The summed E-state index contributed by atoms with van der Waals surface area (Å²) in [5.41, 5.74) is 0.706. The van der Waals surface area contributed by atoms with Crippen molar-refractivity contribution in [3.8, 4) is 0 Å². The van der Waals surface area contributed by atoms with Crippen LogP contribution in [0.2, 0.25) is 0 Å². The third-order valence-corrected chi connectivity index (χ3v) is 2.71. The fourth-order valence-electron chi connectivity index (χ4n) is 1.82. The molecule has 1 aromatic rings. The number of hydrogen-bond acceptors (Lipinski definition) is 3. The van der Waals surface area contributed by atoms with Crippen molar-refractivity contribution in [1.29, 1.82) is 0 Å². The molecule has 0 bridgehead atoms. The Labute approximate surface area is 88.2 Å². The number of rotatable bonds is 2. The van der Waals surface area contributed by atoms with Crippen LogP contribution in [0.5, 0.6) is 0 Å². The molecule has 1 saturated heterocycles. The van der Waals surface area contributed by atoms with Crippen molar-refractivity contribution in [2.75, 3.05) is 11.9 Å². The van der Waals surface area contributed by atoms with E-state index in [0.29, 0.717) is 5.69 Å². The van der Waals surface area contributed by atoms with Crippen molar-refractivity contribution < 1.29 is 9.53 Å². The lowest BCUT2D eigenvalue weighted by molar-refractivity contribution is -0.127. The second kappa shape index (κ2) is 4.44. The summed E-state index contributed by atoms with van der Waals surface area (Å²) in [6, 6.07) is 0. The number of nitrogens with zero attached hydrogens (tertiary/aromatic N) is 1. The van der Waals surface area contributed by atoms with Crippen molar-refractivity contribution in [2.24, 2.45) is 5.92 Å². The molecule has 0 aliphatic carbocycles. The van der Waals surface area contributed by atoms with Crippen molar-refractivity contribution in [3.05, 3.63) is 12.4 Å². The summed E-state index contributed by atoms with van der Waals surface area (Å²) in [6.45, 7) is 2.70. The van der Waals surface area contributed by atoms with E-state index in [4.69, 9.17) is 4.74 Å². The molecule has 5 heteroatoms. The molecule has 0 saturated carbocycles. The van der Waals surface area contributed by atoms with Gasteiger partial charge < -0.3 is 10.1 Å². The summed E-state index contributed by atoms with van der Waals surface area (Å²) in [6.07, 6.45) is 5.10. The van der Waals surface area contributed by atoms with Crippen molar-refractivity contribution in [3.63, 3.8) is 0 Å². The normalized spacial score (nSPS) is 26.2. The number of aromatic amines is 1. The zero-order valence-corrected chi connectivity index (χ0v) is 8.69. The minimum absolute atomic E-state index is 0.00523. The van der Waals surface area contributed by atoms with Gasteiger partial charge in [-0.1, -0.05) is 0 Å². The largest absolute Gasteiger partial charge is 0.378 e. The highest BCUT2D eigenvalue weighted by Crippen LogP contribution is 2.21. The lowest BCUT2D eigenvalue weighted by Crippen LogP contribution is -2.36. The highest BCUT2D eigenvalue weighted by molar-refractivity contribution is 5.92. The molecule has 1 aliphatic rings. The van der Waals surface area contributed by atoms with E-state index in [1.807, 2.05) is 6.92 Å². The van der Waals surface area contributed by atoms with E-state index >= 15 is 0 Å². The maximum Gasteiger partial charge on any atom is 0.230 e. The summed E-state index contributed by atoms with van der Waals surface area (Å²) >= 11 is 0. The first-order valence-electron chi connectivity index (χ1n) is 5.18. The number of ether oxygens (including phenoxy) is 1. The smallest absolute Gasteiger partial charge is 0.230 e. The molecule has 5 nitrogen and oxygen atoms in total. The van der Waals surface area contributed by atoms with Gasteiger partial charge in [-0.05, 0) is 19.8 Å². The summed E-state index contributed by atoms with van der Waals surface area (Å²) < 4.78 is 5.45. The van der Waals surface area contributed by atoms with Crippen LogP contribution in [0, 0.1) is 5.92 Å². The molecule has 2 heterocycles. The molecular formula is C10H15N3O2. The van der Waals surface area contributed by atoms with Crippen LogP contribution in [0.25, 0.3) is 0 Å². The summed E-state index contributed by atoms with van der Waals surface area (Å²) in [5, 5.41) is 9.23. The van der Waals surface area contributed by atoms with Crippen molar-refractivity contribution in [1.82, 2.24) is 10.2 Å². The Bertz CT molecular complexity index is 323. The van der Waals surface area contributed by atoms with Gasteiger partial charge in [0, 0.05) is 12.8 Å². The summed E-state index contributed by atoms with van der Waals surface area (Å²) in [5.74, 6) is -0.0303. The molecule has 0 spiro atoms. The number of carbonyl (C=O) groups is 1. The van der Waals surface area contributed by atoms with Crippen LogP contribution < -0.4 is 5.32 Å². The first-order valence-corrected chi connectivity index (χ1v) is 5.18. The van der Waals surface area contributed by atoms with Crippen LogP contribution in [-0.4, -0.2) is 28.8 Å². The number of carbonyl (C=O) groups excluding carboxylic acids is 1. The van der Waals surface area contributed by atoms with E-state index in [2.05, 4.69) is 15.5 Å². The fraction of sp³-hybridized carbons (Fsp3) is 0.600. The minimum atomic E-state index is -0.0475. The monoisotopic (exact) mass is 209 g/mol. The SMILES string of the molecule is CC1OCCCC1C(=O)Nc1cn[nH]c1. The molecule has 1 fully saturated rings. The van der Waals surface area contributed by atoms with Gasteiger partial charge in [0.1, 0.15) is 0 Å². The molecule has 1 aliphatic heterocycles. The molecule has 82 valence electrons. The number of anilines is 1. The predicted octanol–water partition coefficient (Wildman–Crippen LogP) is 1.16. The lowest BCUT2D eigenvalue weighted by Gasteiger charge is -2.27. The van der Waals surface area contributed by atoms with Crippen LogP contribution in [0.1, 0.15) is 19.8 Å². The highest BCUT2D eigenvalue weighted by atomic mass is 16.5. The molecule has 1 aromatic heterocycles. The Hall–Kier alpha value is -1.36. The Morgan fingerprint density at radius 3 is 3.27 bits per heavy atom. The number of H-pyrrole nitrogens is 1. The van der Waals surface area contributed by atoms with E-state index in [-0.39, 0.29) is 17.9 Å². The number of aromatic nitrogens is 2. The van der Waals surface area contributed by atoms with Gasteiger partial charge in [-0.15, -0.1) is 0 Å². The molecule has 2 unspecified atom stereocenters. The van der Waals surface area contributed by atoms with E-state index in [0.717, 1.165) is 19.4 Å². The van der Waals surface area contributed by atoms with Gasteiger partial charge in [-0.3, -0.25) is 9.89 Å². The van der Waals surface area contributed by atoms with Gasteiger partial charge >= 0.3 is 0 Å². The summed E-state index contributed by atoms with van der Waals surface area (Å²) in [7, 11) is 0. The van der Waals surface area contributed by atoms with Crippen LogP contribution in [0.4, 0.5) is 5.69 Å². The third-order valence-electron chi connectivity index (χ3n) is 2.71. The molecule has 0 aromatic carbocycles. The first kappa shape index (κ1) is 10.2. The van der Waals surface area contributed by atoms with Gasteiger partial charge in [-0.2, -0.15) is 5.10 Å². The van der Waals surface area contributed by atoms with Crippen LogP contribution in [0.15, 0.2) is 12.4 Å². The maximum atomic E-state index is 11.8. The van der Waals surface area contributed by atoms with Crippen LogP contribution in [-0.2, 0) is 9.53 Å². The first-order chi connectivity index (χ1) is 7.27. The van der Waals surface area contributed by atoms with Gasteiger partial charge in [0.2, 0.25) is 5.91 Å². The standard InChI is InChI=1S/C10H15N3O2/c1-7-9(3-2-4-15-7)10(14)13-8-5-11-12-6-8/h5-7,9H,2-4H2,1H3,(H,11,12)(H,13,14). The van der Waals surface area contributed by atoms with Gasteiger partial charge in [0.25, 0.3) is 0 Å². The molecule has 15 heavy (non-hydrogen) atoms. The molecule has 2 N–H and O–H groups in total. The Kier molecular flexibility index (Phi) is 3.01. The van der Waals surface area contributed by atoms with Gasteiger partial charge in [0.15, 0.2) is 0 Å². The van der Waals surface area contributed by atoms with Crippen molar-refractivity contribution >= 4 is 11.6 Å². The molecule has 1 amide bonds. The Balaban J connectivity index is 1.95. The predicted molar refractivity (Wildman–Crippen MR) is 55.4 cm³/mol. The second-order valence-electron chi connectivity index (χ2n) is 3.80.